The maximum absolute atomic E-state index is 2.34. The zero-order chi connectivity index (χ0) is 70.8. The molecule has 0 atom stereocenters. The normalized spacial score (nSPS) is 11.5. The van der Waals surface area contributed by atoms with Crippen molar-refractivity contribution in [1.29, 1.82) is 0 Å². The lowest BCUT2D eigenvalue weighted by atomic mass is 9.85. The van der Waals surface area contributed by atoms with E-state index >= 15 is 0 Å². The van der Waals surface area contributed by atoms with E-state index in [1.54, 1.807) is 0 Å². The van der Waals surface area contributed by atoms with Crippen molar-refractivity contribution in [3.05, 3.63) is 470 Å². The standard InChI is InChI=1S/C102H74N4/c1-9-29-83(30-10-1)103(84-31-11-2-12-32-84)91-65-49-75(50-66-91)73-99(79-61-69-93(70-62-79)105(87-37-17-5-18-38-87)88-39-19-6-20-40-88)77-53-57-81(58-54-77)101-95-45-25-27-47-97(95)102(98-48-28-26-46-96(98)101)82-59-55-78(56-60-82)100(80-63-71-94(72-64-80)106(89-41-21-7-22-42-89)90-43-23-8-24-44-90)74-76-51-67-92(68-52-76)104(85-33-13-3-14-34-85)86-35-15-4-16-36-86/h1-74H. The van der Waals surface area contributed by atoms with E-state index in [0.717, 1.165) is 124 Å². The highest BCUT2D eigenvalue weighted by Crippen LogP contribution is 2.46. The Balaban J connectivity index is 0.740. The molecule has 0 saturated carbocycles. The van der Waals surface area contributed by atoms with E-state index in [4.69, 9.17) is 0 Å². The maximum Gasteiger partial charge on any atom is 0.0462 e. The first kappa shape index (κ1) is 65.3. The van der Waals surface area contributed by atoms with Crippen LogP contribution in [-0.2, 0) is 0 Å². The van der Waals surface area contributed by atoms with E-state index in [0.29, 0.717) is 0 Å². The summed E-state index contributed by atoms with van der Waals surface area (Å²) in [4.78, 5) is 9.25. The van der Waals surface area contributed by atoms with E-state index in [2.05, 4.69) is 469 Å². The summed E-state index contributed by atoms with van der Waals surface area (Å²) in [6, 6.07) is 157. The third kappa shape index (κ3) is 13.7. The predicted molar refractivity (Wildman–Crippen MR) is 451 cm³/mol. The minimum Gasteiger partial charge on any atom is -0.311 e. The van der Waals surface area contributed by atoms with Crippen molar-refractivity contribution in [1.82, 2.24) is 0 Å². The van der Waals surface area contributed by atoms with Crippen LogP contribution in [0.2, 0.25) is 0 Å². The van der Waals surface area contributed by atoms with E-state index in [1.165, 1.54) is 32.7 Å². The first-order valence-electron chi connectivity index (χ1n) is 36.2. The fourth-order valence-electron chi connectivity index (χ4n) is 14.8. The number of para-hydroxylation sites is 8. The van der Waals surface area contributed by atoms with Crippen molar-refractivity contribution < 1.29 is 0 Å². The fraction of sp³-hybridized carbons (Fsp3) is 0. The van der Waals surface area contributed by atoms with Gasteiger partial charge in [-0.2, -0.15) is 0 Å². The van der Waals surface area contributed by atoms with Gasteiger partial charge in [0, 0.05) is 68.2 Å². The number of rotatable bonds is 20. The van der Waals surface area contributed by atoms with Crippen LogP contribution in [0.3, 0.4) is 0 Å². The molecule has 0 aliphatic heterocycles. The highest BCUT2D eigenvalue weighted by molar-refractivity contribution is 6.21. The summed E-state index contributed by atoms with van der Waals surface area (Å²) in [7, 11) is 0. The zero-order valence-electron chi connectivity index (χ0n) is 58.5. The molecular weight excluding hydrogens is 1280 g/mol. The third-order valence-electron chi connectivity index (χ3n) is 19.8. The average molecular weight is 1360 g/mol. The molecule has 0 bridgehead atoms. The van der Waals surface area contributed by atoms with Gasteiger partial charge in [-0.1, -0.05) is 291 Å². The molecule has 0 spiro atoms. The SMILES string of the molecule is C(=C(c1ccc(-c2c3ccccc3c(-c3ccc(C(=Cc4ccc(N(c5ccccc5)c5ccccc5)cc4)c4ccc(N(c5ccccc5)c5ccccc5)cc4)cc3)c3ccccc23)cc1)c1ccc(N(c2ccccc2)c2ccccc2)cc1)c1ccc(N(c2ccccc2)c2ccccc2)cc1. The number of nitrogens with zero attached hydrogens (tertiary/aromatic N) is 4. The van der Waals surface area contributed by atoms with E-state index < -0.39 is 0 Å². The molecule has 0 unspecified atom stereocenters. The molecule has 0 aliphatic carbocycles. The van der Waals surface area contributed by atoms with Crippen LogP contribution in [0.15, 0.2) is 437 Å². The molecular formula is C102H74N4. The van der Waals surface area contributed by atoms with Gasteiger partial charge in [-0.15, -0.1) is 0 Å². The van der Waals surface area contributed by atoms with Crippen molar-refractivity contribution in [2.75, 3.05) is 19.6 Å². The van der Waals surface area contributed by atoms with Crippen LogP contribution < -0.4 is 19.6 Å². The highest BCUT2D eigenvalue weighted by Gasteiger charge is 2.21. The van der Waals surface area contributed by atoms with Crippen molar-refractivity contribution in [2.24, 2.45) is 0 Å². The number of hydrogen-bond acceptors (Lipinski definition) is 4. The predicted octanol–water partition coefficient (Wildman–Crippen LogP) is 28.4. The van der Waals surface area contributed by atoms with Crippen molar-refractivity contribution in [2.45, 2.75) is 0 Å². The van der Waals surface area contributed by atoms with E-state index in [-0.39, 0.29) is 0 Å². The van der Waals surface area contributed by atoms with Crippen LogP contribution in [0, 0.1) is 0 Å². The molecule has 0 amide bonds. The molecule has 4 nitrogen and oxygen atoms in total. The molecule has 0 N–H and O–H groups in total. The lowest BCUT2D eigenvalue weighted by Crippen LogP contribution is -2.09. The molecule has 17 rings (SSSR count). The summed E-state index contributed by atoms with van der Waals surface area (Å²) in [6.07, 6.45) is 4.68. The van der Waals surface area contributed by atoms with Gasteiger partial charge in [0.15, 0.2) is 0 Å². The van der Waals surface area contributed by atoms with Crippen LogP contribution in [0.25, 0.3) is 67.1 Å². The van der Waals surface area contributed by atoms with Crippen LogP contribution in [-0.4, -0.2) is 0 Å². The molecule has 0 fully saturated rings. The molecule has 4 heteroatoms. The first-order chi connectivity index (χ1) is 52.6. The first-order valence-corrected chi connectivity index (χ1v) is 36.2. The molecule has 17 aromatic rings. The zero-order valence-corrected chi connectivity index (χ0v) is 58.5. The number of benzene rings is 17. The van der Waals surface area contributed by atoms with Crippen LogP contribution >= 0.6 is 0 Å². The second-order valence-corrected chi connectivity index (χ2v) is 26.4. The second kappa shape index (κ2) is 30.3. The highest BCUT2D eigenvalue weighted by atomic mass is 15.2. The van der Waals surface area contributed by atoms with Gasteiger partial charge in [0.05, 0.1) is 0 Å². The Morgan fingerprint density at radius 1 is 0.151 bits per heavy atom. The Labute approximate surface area is 621 Å². The van der Waals surface area contributed by atoms with Gasteiger partial charge in [-0.3, -0.25) is 0 Å². The topological polar surface area (TPSA) is 13.0 Å². The minimum atomic E-state index is 1.08. The van der Waals surface area contributed by atoms with Crippen molar-refractivity contribution >= 4 is 113 Å². The fourth-order valence-corrected chi connectivity index (χ4v) is 14.8. The molecule has 0 radical (unpaired) electrons. The van der Waals surface area contributed by atoms with Gasteiger partial charge in [0.2, 0.25) is 0 Å². The van der Waals surface area contributed by atoms with Crippen LogP contribution in [0.4, 0.5) is 68.2 Å². The largest absolute Gasteiger partial charge is 0.311 e. The minimum absolute atomic E-state index is 1.08. The van der Waals surface area contributed by atoms with E-state index in [1.807, 2.05) is 0 Å². The van der Waals surface area contributed by atoms with E-state index in [9.17, 15) is 0 Å². The monoisotopic (exact) mass is 1350 g/mol. The van der Waals surface area contributed by atoms with Gasteiger partial charge < -0.3 is 19.6 Å². The summed E-state index contributed by atoms with van der Waals surface area (Å²) in [5.41, 5.74) is 26.7. The Hall–Kier alpha value is -14.1. The quantitative estimate of drug-likeness (QED) is 0.0557. The smallest absolute Gasteiger partial charge is 0.0462 e. The molecule has 502 valence electrons. The summed E-state index contributed by atoms with van der Waals surface area (Å²) >= 11 is 0. The Morgan fingerprint density at radius 3 is 0.509 bits per heavy atom. The summed E-state index contributed by atoms with van der Waals surface area (Å²) < 4.78 is 0. The molecule has 106 heavy (non-hydrogen) atoms. The molecule has 0 aliphatic rings. The number of anilines is 12. The average Bonchev–Trinajstić information content (AvgIpc) is 0.732. The van der Waals surface area contributed by atoms with Crippen molar-refractivity contribution in [3.63, 3.8) is 0 Å². The Kier molecular flexibility index (Phi) is 18.6. The summed E-state index contributed by atoms with van der Waals surface area (Å²) in [6.45, 7) is 0. The number of hydrogen-bond donors (Lipinski definition) is 0. The van der Waals surface area contributed by atoms with Crippen LogP contribution in [0.1, 0.15) is 33.4 Å². The van der Waals surface area contributed by atoms with Gasteiger partial charge in [0.1, 0.15) is 0 Å². The van der Waals surface area contributed by atoms with Crippen molar-refractivity contribution in [3.8, 4) is 22.3 Å². The Morgan fingerprint density at radius 2 is 0.311 bits per heavy atom. The second-order valence-electron chi connectivity index (χ2n) is 26.4. The van der Waals surface area contributed by atoms with Gasteiger partial charge in [-0.05, 0) is 246 Å². The molecule has 0 heterocycles. The Bertz CT molecular complexity index is 5260. The lowest BCUT2D eigenvalue weighted by molar-refractivity contribution is 1.28. The van der Waals surface area contributed by atoms with Crippen LogP contribution in [0.5, 0.6) is 0 Å². The molecule has 0 saturated heterocycles. The maximum atomic E-state index is 2.34. The summed E-state index contributed by atoms with van der Waals surface area (Å²) in [5.74, 6) is 0. The lowest BCUT2D eigenvalue weighted by Gasteiger charge is -2.26. The van der Waals surface area contributed by atoms with Gasteiger partial charge in [0.25, 0.3) is 0 Å². The third-order valence-corrected chi connectivity index (χ3v) is 19.8. The molecule has 17 aromatic carbocycles. The van der Waals surface area contributed by atoms with Gasteiger partial charge in [-0.25, -0.2) is 0 Å². The van der Waals surface area contributed by atoms with Gasteiger partial charge >= 0.3 is 0 Å². The number of fused-ring (bicyclic) bond motifs is 2. The molecule has 0 aromatic heterocycles. The summed E-state index contributed by atoms with van der Waals surface area (Å²) in [5, 5.41) is 4.79.